The molecule has 6 nitrogen and oxygen atoms in total. The fraction of sp³-hybridized carbons (Fsp3) is 0. The molecular formula is C5H5BrN2O4S. The number of sulfonamides is 1. The summed E-state index contributed by atoms with van der Waals surface area (Å²) in [5, 5.41) is 4.80. The average molecular weight is 269 g/mol. The van der Waals surface area contributed by atoms with Crippen molar-refractivity contribution < 1.29 is 17.6 Å². The van der Waals surface area contributed by atoms with Gasteiger partial charge in [-0.05, 0) is 15.9 Å². The van der Waals surface area contributed by atoms with E-state index in [1.54, 1.807) is 0 Å². The number of halogens is 1. The van der Waals surface area contributed by atoms with Gasteiger partial charge in [0.1, 0.15) is 4.90 Å². The lowest BCUT2D eigenvalue weighted by Gasteiger charge is -1.89. The lowest BCUT2D eigenvalue weighted by atomic mass is 10.4. The van der Waals surface area contributed by atoms with Gasteiger partial charge in [0.05, 0.1) is 0 Å². The molecule has 1 aromatic heterocycles. The Bertz CT molecular complexity index is 449. The van der Waals surface area contributed by atoms with Gasteiger partial charge >= 0.3 is 0 Å². The summed E-state index contributed by atoms with van der Waals surface area (Å²) in [6.45, 7) is 0. The zero-order valence-corrected chi connectivity index (χ0v) is 8.55. The summed E-state index contributed by atoms with van der Waals surface area (Å²) in [6, 6.07) is 0.960. The smallest absolute Gasteiger partial charge is 0.284 e. The third-order valence-electron chi connectivity index (χ3n) is 1.20. The van der Waals surface area contributed by atoms with E-state index in [0.717, 1.165) is 6.07 Å². The summed E-state index contributed by atoms with van der Waals surface area (Å²) < 4.78 is 26.2. The second kappa shape index (κ2) is 3.13. The third kappa shape index (κ3) is 2.08. The molecule has 1 amide bonds. The van der Waals surface area contributed by atoms with Gasteiger partial charge in [-0.15, -0.1) is 0 Å². The fourth-order valence-electron chi connectivity index (χ4n) is 0.668. The van der Waals surface area contributed by atoms with E-state index < -0.39 is 15.9 Å². The number of carbonyl (C=O) groups is 1. The highest BCUT2D eigenvalue weighted by Gasteiger charge is 2.20. The lowest BCUT2D eigenvalue weighted by molar-refractivity contribution is 0.0972. The standard InChI is InChI=1S/C5H5BrN2O4S/c6-4-3(13(8,10)11)1-2(12-4)5(7)9/h1H,(H2,7,9)(H2,8,10,11). The van der Waals surface area contributed by atoms with Gasteiger partial charge in [0.15, 0.2) is 10.4 Å². The summed E-state index contributed by atoms with van der Waals surface area (Å²) in [6.07, 6.45) is 0. The Morgan fingerprint density at radius 2 is 2.08 bits per heavy atom. The maximum atomic E-state index is 10.8. The van der Waals surface area contributed by atoms with Crippen molar-refractivity contribution in [1.29, 1.82) is 0 Å². The maximum absolute atomic E-state index is 10.8. The Kier molecular flexibility index (Phi) is 2.46. The minimum atomic E-state index is -3.89. The Labute approximate surface area is 82.1 Å². The molecule has 0 aliphatic carbocycles. The van der Waals surface area contributed by atoms with Gasteiger partial charge in [-0.3, -0.25) is 4.79 Å². The fourth-order valence-corrected chi connectivity index (χ4v) is 2.17. The van der Waals surface area contributed by atoms with Crippen molar-refractivity contribution in [2.45, 2.75) is 4.90 Å². The van der Waals surface area contributed by atoms with Crippen molar-refractivity contribution >= 4 is 31.9 Å². The van der Waals surface area contributed by atoms with E-state index in [0.29, 0.717) is 0 Å². The first-order valence-electron chi connectivity index (χ1n) is 2.94. The molecule has 72 valence electrons. The van der Waals surface area contributed by atoms with Crippen LogP contribution in [0.2, 0.25) is 0 Å². The van der Waals surface area contributed by atoms with E-state index in [4.69, 9.17) is 10.9 Å². The Hall–Kier alpha value is -0.860. The van der Waals surface area contributed by atoms with Gasteiger partial charge in [-0.1, -0.05) is 0 Å². The molecule has 1 rings (SSSR count). The largest absolute Gasteiger partial charge is 0.443 e. The molecular weight excluding hydrogens is 264 g/mol. The van der Waals surface area contributed by atoms with E-state index in [2.05, 4.69) is 20.3 Å². The average Bonchev–Trinajstić information content (AvgIpc) is 2.29. The number of rotatable bonds is 2. The van der Waals surface area contributed by atoms with Crippen molar-refractivity contribution in [2.24, 2.45) is 10.9 Å². The molecule has 0 fully saturated rings. The molecule has 1 heterocycles. The number of nitrogens with two attached hydrogens (primary N) is 2. The molecule has 4 N–H and O–H groups in total. The van der Waals surface area contributed by atoms with Crippen LogP contribution in [0, 0.1) is 0 Å². The van der Waals surface area contributed by atoms with Crippen LogP contribution >= 0.6 is 15.9 Å². The topological polar surface area (TPSA) is 116 Å². The van der Waals surface area contributed by atoms with Crippen LogP contribution in [0.4, 0.5) is 0 Å². The van der Waals surface area contributed by atoms with Crippen LogP contribution in [-0.4, -0.2) is 14.3 Å². The monoisotopic (exact) mass is 268 g/mol. The van der Waals surface area contributed by atoms with Crippen LogP contribution < -0.4 is 10.9 Å². The van der Waals surface area contributed by atoms with Crippen molar-refractivity contribution in [2.75, 3.05) is 0 Å². The minimum Gasteiger partial charge on any atom is -0.443 e. The molecule has 0 bridgehead atoms. The SMILES string of the molecule is NC(=O)c1cc(S(N)(=O)=O)c(Br)o1. The maximum Gasteiger partial charge on any atom is 0.284 e. The second-order valence-corrected chi connectivity index (χ2v) is 4.41. The molecule has 0 aliphatic heterocycles. The van der Waals surface area contributed by atoms with Gasteiger partial charge < -0.3 is 10.2 Å². The highest BCUT2D eigenvalue weighted by atomic mass is 79.9. The molecule has 0 atom stereocenters. The van der Waals surface area contributed by atoms with Crippen LogP contribution in [0.5, 0.6) is 0 Å². The third-order valence-corrected chi connectivity index (χ3v) is 2.97. The Balaban J connectivity index is 3.35. The van der Waals surface area contributed by atoms with E-state index in [-0.39, 0.29) is 15.3 Å². The molecule has 0 aliphatic rings. The van der Waals surface area contributed by atoms with Crippen molar-refractivity contribution in [3.63, 3.8) is 0 Å². The highest BCUT2D eigenvalue weighted by Crippen LogP contribution is 2.24. The van der Waals surface area contributed by atoms with Gasteiger partial charge in [0, 0.05) is 6.07 Å². The van der Waals surface area contributed by atoms with Gasteiger partial charge in [0.2, 0.25) is 10.0 Å². The van der Waals surface area contributed by atoms with Crippen LogP contribution in [0.15, 0.2) is 20.0 Å². The number of furan rings is 1. The predicted molar refractivity (Wildman–Crippen MR) is 46.3 cm³/mol. The second-order valence-electron chi connectivity index (χ2n) is 2.16. The molecule has 8 heteroatoms. The first kappa shape index (κ1) is 10.2. The van der Waals surface area contributed by atoms with Crippen LogP contribution in [0.1, 0.15) is 10.6 Å². The number of primary amides is 1. The summed E-state index contributed by atoms with van der Waals surface area (Å²) in [5.41, 5.74) is 4.85. The van der Waals surface area contributed by atoms with Crippen LogP contribution in [0.3, 0.4) is 0 Å². The van der Waals surface area contributed by atoms with Crippen LogP contribution in [-0.2, 0) is 10.0 Å². The predicted octanol–water partition coefficient (Wildman–Crippen LogP) is -0.212. The van der Waals surface area contributed by atoms with Gasteiger partial charge in [-0.25, -0.2) is 13.6 Å². The van der Waals surface area contributed by atoms with E-state index in [1.807, 2.05) is 0 Å². The van der Waals surface area contributed by atoms with Crippen LogP contribution in [0.25, 0.3) is 0 Å². The van der Waals surface area contributed by atoms with Crippen molar-refractivity contribution in [3.05, 3.63) is 16.5 Å². The summed E-state index contributed by atoms with van der Waals surface area (Å²) in [4.78, 5) is 10.3. The Morgan fingerprint density at radius 1 is 1.54 bits per heavy atom. The number of primary sulfonamides is 1. The first-order valence-corrected chi connectivity index (χ1v) is 5.28. The molecule has 0 radical (unpaired) electrons. The molecule has 1 aromatic rings. The number of hydrogen-bond donors (Lipinski definition) is 2. The zero-order valence-electron chi connectivity index (χ0n) is 6.15. The first-order chi connectivity index (χ1) is 5.82. The molecule has 13 heavy (non-hydrogen) atoms. The summed E-state index contributed by atoms with van der Waals surface area (Å²) in [5.74, 6) is -1.13. The normalized spacial score (nSPS) is 11.5. The molecule has 0 saturated carbocycles. The summed E-state index contributed by atoms with van der Waals surface area (Å²) >= 11 is 2.79. The van der Waals surface area contributed by atoms with Gasteiger partial charge in [0.25, 0.3) is 5.91 Å². The molecule has 0 saturated heterocycles. The Morgan fingerprint density at radius 3 is 2.31 bits per heavy atom. The van der Waals surface area contributed by atoms with E-state index in [9.17, 15) is 13.2 Å². The number of carbonyl (C=O) groups excluding carboxylic acids is 1. The zero-order chi connectivity index (χ0) is 10.2. The summed E-state index contributed by atoms with van der Waals surface area (Å²) in [7, 11) is -3.89. The highest BCUT2D eigenvalue weighted by molar-refractivity contribution is 9.10. The quantitative estimate of drug-likeness (QED) is 0.772. The van der Waals surface area contributed by atoms with Gasteiger partial charge in [-0.2, -0.15) is 0 Å². The molecule has 0 aromatic carbocycles. The van der Waals surface area contributed by atoms with Crippen molar-refractivity contribution in [3.8, 4) is 0 Å². The number of hydrogen-bond acceptors (Lipinski definition) is 4. The van der Waals surface area contributed by atoms with Crippen molar-refractivity contribution in [1.82, 2.24) is 0 Å². The number of amides is 1. The lowest BCUT2D eigenvalue weighted by Crippen LogP contribution is -2.12. The minimum absolute atomic E-state index is 0.135. The van der Waals surface area contributed by atoms with E-state index in [1.165, 1.54) is 0 Å². The van der Waals surface area contributed by atoms with E-state index >= 15 is 0 Å². The molecule has 0 spiro atoms. The molecule has 0 unspecified atom stereocenters.